The molecule has 4 rings (SSSR count). The lowest BCUT2D eigenvalue weighted by Crippen LogP contribution is -2.54. The van der Waals surface area contributed by atoms with Crippen LogP contribution in [0, 0.1) is 5.92 Å². The van der Waals surface area contributed by atoms with E-state index in [0.29, 0.717) is 18.2 Å². The maximum Gasteiger partial charge on any atom is 0.263 e. The van der Waals surface area contributed by atoms with Crippen molar-refractivity contribution in [2.45, 2.75) is 0 Å². The molecular formula is C16H13N3O2S2. The molecule has 1 N–H and O–H groups in total. The molecule has 0 unspecified atom stereocenters. The molecule has 0 atom stereocenters. The third kappa shape index (κ3) is 2.73. The molecule has 5 nitrogen and oxygen atoms in total. The standard InChI is InChI=1S/C16H13N3O2S2/c20-14(18-16-17-11-4-1-2-5-12(11)23-16)10-8-19(9-10)15(21)13-6-3-7-22-13/h1-7,10H,8-9H2,(H,17,18,20). The van der Waals surface area contributed by atoms with Crippen molar-refractivity contribution in [3.8, 4) is 0 Å². The summed E-state index contributed by atoms with van der Waals surface area (Å²) in [7, 11) is 0. The van der Waals surface area contributed by atoms with Crippen LogP contribution in [-0.2, 0) is 4.79 Å². The van der Waals surface area contributed by atoms with Gasteiger partial charge in [-0.1, -0.05) is 29.5 Å². The van der Waals surface area contributed by atoms with Gasteiger partial charge < -0.3 is 10.2 Å². The highest BCUT2D eigenvalue weighted by Gasteiger charge is 2.36. The Kier molecular flexibility index (Phi) is 3.59. The molecule has 0 radical (unpaired) electrons. The third-order valence-electron chi connectivity index (χ3n) is 3.80. The van der Waals surface area contributed by atoms with E-state index in [4.69, 9.17) is 0 Å². The van der Waals surface area contributed by atoms with Gasteiger partial charge in [0.2, 0.25) is 5.91 Å². The molecule has 1 saturated heterocycles. The van der Waals surface area contributed by atoms with Crippen molar-refractivity contribution < 1.29 is 9.59 Å². The van der Waals surface area contributed by atoms with Crippen LogP contribution in [0.4, 0.5) is 5.13 Å². The monoisotopic (exact) mass is 343 g/mol. The van der Waals surface area contributed by atoms with Crippen molar-refractivity contribution in [1.29, 1.82) is 0 Å². The minimum atomic E-state index is -0.161. The molecule has 0 spiro atoms. The summed E-state index contributed by atoms with van der Waals surface area (Å²) in [6.07, 6.45) is 0. The van der Waals surface area contributed by atoms with Gasteiger partial charge in [-0.15, -0.1) is 11.3 Å². The van der Waals surface area contributed by atoms with E-state index < -0.39 is 0 Å². The van der Waals surface area contributed by atoms with Gasteiger partial charge in [0.15, 0.2) is 5.13 Å². The zero-order valence-electron chi connectivity index (χ0n) is 12.1. The number of amides is 2. The van der Waals surface area contributed by atoms with Gasteiger partial charge in [-0.05, 0) is 23.6 Å². The molecule has 1 aromatic carbocycles. The first-order valence-corrected chi connectivity index (χ1v) is 8.89. The highest BCUT2D eigenvalue weighted by molar-refractivity contribution is 7.22. The summed E-state index contributed by atoms with van der Waals surface area (Å²) in [5.41, 5.74) is 0.885. The number of hydrogen-bond donors (Lipinski definition) is 1. The van der Waals surface area contributed by atoms with Crippen molar-refractivity contribution >= 4 is 49.8 Å². The molecule has 1 aliphatic rings. The molecule has 0 saturated carbocycles. The predicted octanol–water partition coefficient (Wildman–Crippen LogP) is 3.07. The molecule has 23 heavy (non-hydrogen) atoms. The SMILES string of the molecule is O=C(Nc1nc2ccccc2s1)C1CN(C(=O)c2cccs2)C1. The lowest BCUT2D eigenvalue weighted by Gasteiger charge is -2.37. The second-order valence-electron chi connectivity index (χ2n) is 5.36. The van der Waals surface area contributed by atoms with Gasteiger partial charge in [-0.25, -0.2) is 4.98 Å². The summed E-state index contributed by atoms with van der Waals surface area (Å²) >= 11 is 2.88. The normalized spacial score (nSPS) is 14.7. The molecule has 3 heterocycles. The Balaban J connectivity index is 1.37. The number of benzene rings is 1. The molecule has 116 valence electrons. The number of aromatic nitrogens is 1. The van der Waals surface area contributed by atoms with E-state index in [9.17, 15) is 9.59 Å². The summed E-state index contributed by atoms with van der Waals surface area (Å²) < 4.78 is 1.05. The van der Waals surface area contributed by atoms with Gasteiger partial charge in [-0.3, -0.25) is 9.59 Å². The lowest BCUT2D eigenvalue weighted by molar-refractivity contribution is -0.123. The first kappa shape index (κ1) is 14.3. The minimum Gasteiger partial charge on any atom is -0.336 e. The average Bonchev–Trinajstić information content (AvgIpc) is 3.14. The minimum absolute atomic E-state index is 0.00374. The first-order chi connectivity index (χ1) is 11.2. The summed E-state index contributed by atoms with van der Waals surface area (Å²) in [6, 6.07) is 11.4. The van der Waals surface area contributed by atoms with E-state index in [1.54, 1.807) is 4.90 Å². The number of thiazole rings is 1. The van der Waals surface area contributed by atoms with Gasteiger partial charge in [0.25, 0.3) is 5.91 Å². The van der Waals surface area contributed by atoms with Gasteiger partial charge in [0, 0.05) is 13.1 Å². The predicted molar refractivity (Wildman–Crippen MR) is 92.0 cm³/mol. The van der Waals surface area contributed by atoms with E-state index in [1.165, 1.54) is 22.7 Å². The van der Waals surface area contributed by atoms with E-state index in [0.717, 1.165) is 15.1 Å². The number of nitrogens with zero attached hydrogens (tertiary/aromatic N) is 2. The Labute approximate surface area is 140 Å². The maximum atomic E-state index is 12.2. The summed E-state index contributed by atoms with van der Waals surface area (Å²) in [5, 5.41) is 5.35. The number of para-hydroxylation sites is 1. The highest BCUT2D eigenvalue weighted by Crippen LogP contribution is 2.27. The highest BCUT2D eigenvalue weighted by atomic mass is 32.1. The number of hydrogen-bond acceptors (Lipinski definition) is 5. The summed E-state index contributed by atoms with van der Waals surface area (Å²) in [5.74, 6) is -0.228. The second kappa shape index (κ2) is 5.75. The fourth-order valence-corrected chi connectivity index (χ4v) is 4.06. The molecule has 2 aromatic heterocycles. The van der Waals surface area contributed by atoms with Gasteiger partial charge in [0.05, 0.1) is 21.0 Å². The molecule has 3 aromatic rings. The Morgan fingerprint density at radius 2 is 2.00 bits per heavy atom. The number of fused-ring (bicyclic) bond motifs is 1. The van der Waals surface area contributed by atoms with E-state index in [1.807, 2.05) is 41.8 Å². The van der Waals surface area contributed by atoms with E-state index >= 15 is 0 Å². The number of anilines is 1. The van der Waals surface area contributed by atoms with Crippen LogP contribution in [0.25, 0.3) is 10.2 Å². The number of nitrogens with one attached hydrogen (secondary N) is 1. The Hall–Kier alpha value is -2.25. The van der Waals surface area contributed by atoms with Crippen LogP contribution in [0.3, 0.4) is 0 Å². The van der Waals surface area contributed by atoms with Crippen molar-refractivity contribution in [3.05, 3.63) is 46.7 Å². The van der Waals surface area contributed by atoms with Crippen molar-refractivity contribution in [3.63, 3.8) is 0 Å². The van der Waals surface area contributed by atoms with Crippen molar-refractivity contribution in [1.82, 2.24) is 9.88 Å². The van der Waals surface area contributed by atoms with Crippen molar-refractivity contribution in [2.75, 3.05) is 18.4 Å². The maximum absolute atomic E-state index is 12.2. The molecule has 1 aliphatic heterocycles. The largest absolute Gasteiger partial charge is 0.336 e. The smallest absolute Gasteiger partial charge is 0.263 e. The molecule has 7 heteroatoms. The number of thiophene rings is 1. The molecule has 0 bridgehead atoms. The van der Waals surface area contributed by atoms with E-state index in [2.05, 4.69) is 10.3 Å². The zero-order valence-corrected chi connectivity index (χ0v) is 13.7. The second-order valence-corrected chi connectivity index (χ2v) is 7.34. The van der Waals surface area contributed by atoms with Crippen LogP contribution < -0.4 is 5.32 Å². The third-order valence-corrected chi connectivity index (χ3v) is 5.61. The van der Waals surface area contributed by atoms with Crippen molar-refractivity contribution in [2.24, 2.45) is 5.92 Å². The fourth-order valence-electron chi connectivity index (χ4n) is 2.50. The first-order valence-electron chi connectivity index (χ1n) is 7.20. The Morgan fingerprint density at radius 3 is 2.74 bits per heavy atom. The van der Waals surface area contributed by atoms with Crippen LogP contribution in [0.2, 0.25) is 0 Å². The summed E-state index contributed by atoms with van der Waals surface area (Å²) in [4.78, 5) is 31.2. The fraction of sp³-hybridized carbons (Fsp3) is 0.188. The average molecular weight is 343 g/mol. The van der Waals surface area contributed by atoms with Gasteiger partial charge in [-0.2, -0.15) is 0 Å². The Morgan fingerprint density at radius 1 is 1.17 bits per heavy atom. The van der Waals surface area contributed by atoms with Gasteiger partial charge >= 0.3 is 0 Å². The van der Waals surface area contributed by atoms with Gasteiger partial charge in [0.1, 0.15) is 0 Å². The van der Waals surface area contributed by atoms with Crippen LogP contribution in [0.5, 0.6) is 0 Å². The lowest BCUT2D eigenvalue weighted by atomic mass is 9.99. The van der Waals surface area contributed by atoms with Crippen LogP contribution in [0.1, 0.15) is 9.67 Å². The van der Waals surface area contributed by atoms with E-state index in [-0.39, 0.29) is 17.7 Å². The number of carbonyl (C=O) groups excluding carboxylic acids is 2. The molecular weight excluding hydrogens is 330 g/mol. The summed E-state index contributed by atoms with van der Waals surface area (Å²) in [6.45, 7) is 0.931. The molecule has 2 amide bonds. The quantitative estimate of drug-likeness (QED) is 0.795. The molecule has 1 fully saturated rings. The number of likely N-dealkylation sites (tertiary alicyclic amines) is 1. The Bertz CT molecular complexity index is 833. The number of carbonyl (C=O) groups is 2. The van der Waals surface area contributed by atoms with Crippen LogP contribution in [-0.4, -0.2) is 34.8 Å². The number of rotatable bonds is 3. The van der Waals surface area contributed by atoms with Crippen LogP contribution in [0.15, 0.2) is 41.8 Å². The topological polar surface area (TPSA) is 62.3 Å². The molecule has 0 aliphatic carbocycles. The van der Waals surface area contributed by atoms with Crippen LogP contribution >= 0.6 is 22.7 Å². The zero-order chi connectivity index (χ0) is 15.8.